The molecule has 0 unspecified atom stereocenters. The van der Waals surface area contributed by atoms with Crippen LogP contribution in [0.4, 0.5) is 5.82 Å². The molecule has 158 valence electrons. The van der Waals surface area contributed by atoms with E-state index in [1.165, 1.54) is 0 Å². The van der Waals surface area contributed by atoms with Crippen molar-refractivity contribution in [2.75, 3.05) is 12.1 Å². The first-order valence-electron chi connectivity index (χ1n) is 10.2. The fourth-order valence-corrected chi connectivity index (χ4v) is 4.24. The number of aryl methyl sites for hydroxylation is 1. The minimum Gasteiger partial charge on any atom is -0.454 e. The Morgan fingerprint density at radius 2 is 1.94 bits per heavy atom. The molecule has 0 aliphatic carbocycles. The van der Waals surface area contributed by atoms with Crippen LogP contribution in [-0.2, 0) is 4.79 Å². The molecule has 1 atom stereocenters. The van der Waals surface area contributed by atoms with Crippen LogP contribution in [0.1, 0.15) is 29.2 Å². The van der Waals surface area contributed by atoms with E-state index in [-0.39, 0.29) is 18.6 Å². The standard InChI is InChI=1S/C23H18N6O3/c1-13-21-16(15-7-8-18-19(9-15)32-12-31-18)10-20(30)26-22(21)29(28-13)23-25-17(11-24-27-23)14-5-3-2-4-6-14/h2-9,11,16H,10,12H2,1H3,(H,26,30)/t16-/m0/s1. The third-order valence-corrected chi connectivity index (χ3v) is 5.71. The fourth-order valence-electron chi connectivity index (χ4n) is 4.24. The average molecular weight is 426 g/mol. The SMILES string of the molecule is Cc1nn(-c2nncc(-c3ccccc3)n2)c2c1[C@H](c1ccc3c(c1)OCO3)CC(=O)N2. The molecule has 4 aromatic rings. The Balaban J connectivity index is 1.45. The Morgan fingerprint density at radius 3 is 2.81 bits per heavy atom. The largest absolute Gasteiger partial charge is 0.454 e. The van der Waals surface area contributed by atoms with Crippen molar-refractivity contribution in [1.29, 1.82) is 0 Å². The maximum Gasteiger partial charge on any atom is 0.272 e. The van der Waals surface area contributed by atoms with E-state index in [1.807, 2.05) is 55.5 Å². The molecule has 1 N–H and O–H groups in total. The van der Waals surface area contributed by atoms with Crippen molar-refractivity contribution >= 4 is 11.7 Å². The van der Waals surface area contributed by atoms with E-state index in [2.05, 4.69) is 25.6 Å². The molecule has 6 rings (SSSR count). The van der Waals surface area contributed by atoms with Crippen LogP contribution in [0.5, 0.6) is 11.5 Å². The Hall–Kier alpha value is -4.27. The van der Waals surface area contributed by atoms with Gasteiger partial charge in [-0.15, -0.1) is 5.10 Å². The van der Waals surface area contributed by atoms with Crippen molar-refractivity contribution < 1.29 is 14.3 Å². The van der Waals surface area contributed by atoms with Gasteiger partial charge < -0.3 is 14.8 Å². The summed E-state index contributed by atoms with van der Waals surface area (Å²) in [6, 6.07) is 15.5. The van der Waals surface area contributed by atoms with Gasteiger partial charge in [0.15, 0.2) is 11.5 Å². The maximum absolute atomic E-state index is 12.7. The lowest BCUT2D eigenvalue weighted by atomic mass is 9.85. The van der Waals surface area contributed by atoms with Crippen LogP contribution in [0.15, 0.2) is 54.7 Å². The number of ether oxygens (including phenoxy) is 2. The summed E-state index contributed by atoms with van der Waals surface area (Å²) in [7, 11) is 0. The van der Waals surface area contributed by atoms with E-state index in [0.29, 0.717) is 35.4 Å². The molecule has 0 bridgehead atoms. The van der Waals surface area contributed by atoms with Crippen LogP contribution in [-0.4, -0.2) is 37.7 Å². The van der Waals surface area contributed by atoms with Gasteiger partial charge >= 0.3 is 0 Å². The number of aromatic nitrogens is 5. The molecule has 4 heterocycles. The Bertz CT molecular complexity index is 1350. The third-order valence-electron chi connectivity index (χ3n) is 5.71. The maximum atomic E-state index is 12.7. The predicted molar refractivity (Wildman–Crippen MR) is 115 cm³/mol. The number of nitrogens with one attached hydrogen (secondary N) is 1. The van der Waals surface area contributed by atoms with Crippen LogP contribution in [0, 0.1) is 6.92 Å². The second-order valence-corrected chi connectivity index (χ2v) is 7.68. The van der Waals surface area contributed by atoms with Gasteiger partial charge in [-0.25, -0.2) is 4.98 Å². The second kappa shape index (κ2) is 7.16. The van der Waals surface area contributed by atoms with Crippen molar-refractivity contribution in [3.05, 3.63) is 71.5 Å². The van der Waals surface area contributed by atoms with Gasteiger partial charge in [0.1, 0.15) is 5.82 Å². The van der Waals surface area contributed by atoms with Gasteiger partial charge in [0.05, 0.1) is 17.6 Å². The third kappa shape index (κ3) is 2.97. The van der Waals surface area contributed by atoms with Gasteiger partial charge in [0.25, 0.3) is 5.95 Å². The van der Waals surface area contributed by atoms with Crippen molar-refractivity contribution in [3.63, 3.8) is 0 Å². The van der Waals surface area contributed by atoms with Gasteiger partial charge in [0, 0.05) is 23.5 Å². The van der Waals surface area contributed by atoms with Gasteiger partial charge in [-0.1, -0.05) is 36.4 Å². The molecule has 0 spiro atoms. The van der Waals surface area contributed by atoms with Crippen LogP contribution < -0.4 is 14.8 Å². The van der Waals surface area contributed by atoms with Gasteiger partial charge in [-0.05, 0) is 24.6 Å². The minimum absolute atomic E-state index is 0.103. The highest BCUT2D eigenvalue weighted by molar-refractivity contribution is 5.95. The number of amides is 1. The number of nitrogens with zero attached hydrogens (tertiary/aromatic N) is 5. The Morgan fingerprint density at radius 1 is 1.09 bits per heavy atom. The smallest absolute Gasteiger partial charge is 0.272 e. The van der Waals surface area contributed by atoms with E-state index >= 15 is 0 Å². The molecule has 32 heavy (non-hydrogen) atoms. The minimum atomic E-state index is -0.174. The molecular formula is C23H18N6O3. The summed E-state index contributed by atoms with van der Waals surface area (Å²) in [6.45, 7) is 2.12. The fraction of sp³-hybridized carbons (Fsp3) is 0.174. The highest BCUT2D eigenvalue weighted by atomic mass is 16.7. The lowest BCUT2D eigenvalue weighted by molar-refractivity contribution is -0.116. The summed E-state index contributed by atoms with van der Waals surface area (Å²) >= 11 is 0. The van der Waals surface area contributed by atoms with Crippen LogP contribution in [0.25, 0.3) is 17.2 Å². The number of hydrogen-bond donors (Lipinski definition) is 1. The molecule has 9 nitrogen and oxygen atoms in total. The Kier molecular flexibility index (Phi) is 4.14. The summed E-state index contributed by atoms with van der Waals surface area (Å²) in [6.07, 6.45) is 1.91. The molecule has 0 fully saturated rings. The van der Waals surface area contributed by atoms with Crippen LogP contribution in [0.3, 0.4) is 0 Å². The number of carbonyl (C=O) groups is 1. The number of anilines is 1. The topological polar surface area (TPSA) is 104 Å². The normalized spacial score (nSPS) is 16.5. The van der Waals surface area contributed by atoms with Crippen molar-refractivity contribution in [2.45, 2.75) is 19.3 Å². The lowest BCUT2D eigenvalue weighted by Gasteiger charge is -2.24. The molecule has 1 amide bonds. The molecule has 2 aliphatic heterocycles. The lowest BCUT2D eigenvalue weighted by Crippen LogP contribution is -2.25. The first kappa shape index (κ1) is 18.5. The summed E-state index contributed by atoms with van der Waals surface area (Å²) in [5.74, 6) is 1.97. The highest BCUT2D eigenvalue weighted by Crippen LogP contribution is 2.43. The van der Waals surface area contributed by atoms with Crippen molar-refractivity contribution in [1.82, 2.24) is 25.0 Å². The van der Waals surface area contributed by atoms with Gasteiger partial charge in [0.2, 0.25) is 12.7 Å². The molecule has 0 saturated carbocycles. The molecule has 0 saturated heterocycles. The first-order valence-corrected chi connectivity index (χ1v) is 10.2. The van der Waals surface area contributed by atoms with E-state index < -0.39 is 0 Å². The highest BCUT2D eigenvalue weighted by Gasteiger charge is 2.34. The monoisotopic (exact) mass is 426 g/mol. The van der Waals surface area contributed by atoms with Gasteiger partial charge in [-0.3, -0.25) is 4.79 Å². The van der Waals surface area contributed by atoms with E-state index in [1.54, 1.807) is 10.9 Å². The first-order chi connectivity index (χ1) is 15.7. The van der Waals surface area contributed by atoms with Crippen LogP contribution in [0.2, 0.25) is 0 Å². The van der Waals surface area contributed by atoms with Crippen molar-refractivity contribution in [3.8, 4) is 28.7 Å². The molecule has 2 aromatic carbocycles. The quantitative estimate of drug-likeness (QED) is 0.536. The number of carbonyl (C=O) groups excluding carboxylic acids is 1. The van der Waals surface area contributed by atoms with Crippen LogP contribution >= 0.6 is 0 Å². The molecule has 9 heteroatoms. The van der Waals surface area contributed by atoms with Gasteiger partial charge in [-0.2, -0.15) is 14.9 Å². The molecule has 2 aliphatic rings. The Labute approximate surface area is 183 Å². The zero-order valence-electron chi connectivity index (χ0n) is 17.1. The number of benzene rings is 2. The number of hydrogen-bond acceptors (Lipinski definition) is 7. The molecular weight excluding hydrogens is 408 g/mol. The summed E-state index contributed by atoms with van der Waals surface area (Å²) < 4.78 is 12.5. The summed E-state index contributed by atoms with van der Waals surface area (Å²) in [5, 5.41) is 15.9. The molecule has 2 aromatic heterocycles. The van der Waals surface area contributed by atoms with E-state index in [4.69, 9.17) is 9.47 Å². The van der Waals surface area contributed by atoms with Crippen molar-refractivity contribution in [2.24, 2.45) is 0 Å². The zero-order valence-corrected chi connectivity index (χ0v) is 17.1. The molecule has 0 radical (unpaired) electrons. The zero-order chi connectivity index (χ0) is 21.7. The number of rotatable bonds is 3. The predicted octanol–water partition coefficient (Wildman–Crippen LogP) is 3.24. The summed E-state index contributed by atoms with van der Waals surface area (Å²) in [5.41, 5.74) is 4.27. The van der Waals surface area contributed by atoms with E-state index in [9.17, 15) is 4.79 Å². The second-order valence-electron chi connectivity index (χ2n) is 7.68. The number of fused-ring (bicyclic) bond motifs is 2. The van der Waals surface area contributed by atoms with E-state index in [0.717, 1.165) is 22.4 Å². The average Bonchev–Trinajstić information content (AvgIpc) is 3.43. The summed E-state index contributed by atoms with van der Waals surface area (Å²) in [4.78, 5) is 17.3.